The fraction of sp³-hybridized carbons (Fsp3) is 0.176. The molecule has 3 aromatic rings. The molecule has 21 heavy (non-hydrogen) atoms. The number of ketones is 1. The smallest absolute Gasteiger partial charge is 0.306 e. The molecule has 1 aliphatic rings. The predicted molar refractivity (Wildman–Crippen MR) is 80.6 cm³/mol. The van der Waals surface area contributed by atoms with E-state index in [0.717, 1.165) is 23.9 Å². The first-order valence-corrected chi connectivity index (χ1v) is 7.01. The summed E-state index contributed by atoms with van der Waals surface area (Å²) in [5.41, 5.74) is 2.51. The van der Waals surface area contributed by atoms with Gasteiger partial charge in [-0.15, -0.1) is 0 Å². The zero-order chi connectivity index (χ0) is 14.4. The van der Waals surface area contributed by atoms with Gasteiger partial charge < -0.3 is 9.97 Å². The lowest BCUT2D eigenvalue weighted by molar-refractivity contribution is 0.0946. The van der Waals surface area contributed by atoms with Gasteiger partial charge in [0.25, 0.3) is 0 Å². The number of imidazole rings is 1. The normalized spacial score (nSPS) is 16.0. The Hall–Kier alpha value is -2.62. The number of H-pyrrole nitrogens is 2. The van der Waals surface area contributed by atoms with Crippen LogP contribution in [0.25, 0.3) is 11.0 Å². The molecule has 2 aromatic carbocycles. The van der Waals surface area contributed by atoms with Crippen molar-refractivity contribution < 1.29 is 4.79 Å². The maximum absolute atomic E-state index is 12.9. The second-order valence-electron chi connectivity index (χ2n) is 5.62. The summed E-state index contributed by atoms with van der Waals surface area (Å²) in [6, 6.07) is 15.3. The molecule has 0 bridgehead atoms. The molecule has 4 nitrogen and oxygen atoms in total. The number of hydrogen-bond acceptors (Lipinski definition) is 2. The average Bonchev–Trinajstić information content (AvgIpc) is 3.23. The monoisotopic (exact) mass is 278 g/mol. The van der Waals surface area contributed by atoms with Gasteiger partial charge in [0.15, 0.2) is 5.78 Å². The van der Waals surface area contributed by atoms with Crippen LogP contribution < -0.4 is 5.69 Å². The minimum Gasteiger partial charge on any atom is -0.306 e. The zero-order valence-electron chi connectivity index (χ0n) is 11.3. The molecule has 1 aromatic heterocycles. The van der Waals surface area contributed by atoms with Crippen LogP contribution >= 0.6 is 0 Å². The van der Waals surface area contributed by atoms with E-state index in [1.165, 1.54) is 0 Å². The van der Waals surface area contributed by atoms with Crippen molar-refractivity contribution in [2.75, 3.05) is 0 Å². The Morgan fingerprint density at radius 1 is 0.952 bits per heavy atom. The molecule has 0 saturated heterocycles. The fourth-order valence-electron chi connectivity index (χ4n) is 2.98. The quantitative estimate of drug-likeness (QED) is 0.723. The molecule has 1 saturated carbocycles. The van der Waals surface area contributed by atoms with Crippen molar-refractivity contribution in [1.29, 1.82) is 0 Å². The molecule has 1 heterocycles. The van der Waals surface area contributed by atoms with Crippen molar-refractivity contribution >= 4 is 16.8 Å². The first-order chi connectivity index (χ1) is 10.2. The molecule has 104 valence electrons. The highest BCUT2D eigenvalue weighted by Crippen LogP contribution is 2.50. The van der Waals surface area contributed by atoms with E-state index in [1.54, 1.807) is 18.2 Å². The first-order valence-electron chi connectivity index (χ1n) is 7.01. The molecule has 0 spiro atoms. The number of carbonyl (C=O) groups excluding carboxylic acids is 1. The molecule has 0 radical (unpaired) electrons. The van der Waals surface area contributed by atoms with E-state index in [4.69, 9.17) is 0 Å². The van der Waals surface area contributed by atoms with Crippen LogP contribution in [-0.2, 0) is 5.41 Å². The van der Waals surface area contributed by atoms with Gasteiger partial charge in [-0.05, 0) is 36.6 Å². The molecule has 4 heteroatoms. The van der Waals surface area contributed by atoms with Gasteiger partial charge in [-0.2, -0.15) is 0 Å². The van der Waals surface area contributed by atoms with Crippen molar-refractivity contribution in [3.05, 3.63) is 70.1 Å². The standard InChI is InChI=1S/C17H14N2O2/c20-15(17(8-9-17)12-4-2-1-3-5-12)11-6-7-13-14(10-11)19-16(21)18-13/h1-7,10H,8-9H2,(H2,18,19,21). The molecule has 2 N–H and O–H groups in total. The highest BCUT2D eigenvalue weighted by molar-refractivity contribution is 6.07. The summed E-state index contributed by atoms with van der Waals surface area (Å²) in [4.78, 5) is 29.6. The summed E-state index contributed by atoms with van der Waals surface area (Å²) < 4.78 is 0. The topological polar surface area (TPSA) is 65.7 Å². The Balaban J connectivity index is 1.78. The number of fused-ring (bicyclic) bond motifs is 1. The maximum Gasteiger partial charge on any atom is 0.323 e. The predicted octanol–water partition coefficient (Wildman–Crippen LogP) is 2.77. The largest absolute Gasteiger partial charge is 0.323 e. The lowest BCUT2D eigenvalue weighted by Crippen LogP contribution is -2.20. The Morgan fingerprint density at radius 3 is 2.38 bits per heavy atom. The molecule has 0 amide bonds. The van der Waals surface area contributed by atoms with E-state index < -0.39 is 0 Å². The van der Waals surface area contributed by atoms with E-state index in [2.05, 4.69) is 9.97 Å². The van der Waals surface area contributed by atoms with Crippen LogP contribution in [-0.4, -0.2) is 15.8 Å². The molecule has 0 unspecified atom stereocenters. The van der Waals surface area contributed by atoms with E-state index in [0.29, 0.717) is 11.1 Å². The van der Waals surface area contributed by atoms with Crippen molar-refractivity contribution in [3.63, 3.8) is 0 Å². The number of aromatic amines is 2. The Bertz CT molecular complexity index is 886. The molecule has 1 aliphatic carbocycles. The molecular weight excluding hydrogens is 264 g/mol. The van der Waals surface area contributed by atoms with Crippen molar-refractivity contribution in [2.45, 2.75) is 18.3 Å². The van der Waals surface area contributed by atoms with Crippen LogP contribution in [0.4, 0.5) is 0 Å². The number of nitrogens with one attached hydrogen (secondary N) is 2. The summed E-state index contributed by atoms with van der Waals surface area (Å²) in [5.74, 6) is 0.137. The number of hydrogen-bond donors (Lipinski definition) is 2. The minimum absolute atomic E-state index is 0.137. The van der Waals surface area contributed by atoms with Crippen LogP contribution in [0, 0.1) is 0 Å². The third-order valence-electron chi connectivity index (χ3n) is 4.29. The van der Waals surface area contributed by atoms with E-state index in [9.17, 15) is 9.59 Å². The Kier molecular flexibility index (Phi) is 2.42. The average molecular weight is 278 g/mol. The van der Waals surface area contributed by atoms with Gasteiger partial charge in [-0.3, -0.25) is 4.79 Å². The fourth-order valence-corrected chi connectivity index (χ4v) is 2.98. The molecule has 0 aliphatic heterocycles. The molecule has 0 atom stereocenters. The minimum atomic E-state index is -0.370. The van der Waals surface area contributed by atoms with Gasteiger partial charge in [-0.25, -0.2) is 4.79 Å². The van der Waals surface area contributed by atoms with Gasteiger partial charge in [0.05, 0.1) is 16.4 Å². The van der Waals surface area contributed by atoms with Crippen molar-refractivity contribution in [2.24, 2.45) is 0 Å². The highest BCUT2D eigenvalue weighted by atomic mass is 16.1. The zero-order valence-corrected chi connectivity index (χ0v) is 11.3. The second-order valence-corrected chi connectivity index (χ2v) is 5.62. The highest BCUT2D eigenvalue weighted by Gasteiger charge is 2.51. The van der Waals surface area contributed by atoms with E-state index >= 15 is 0 Å². The van der Waals surface area contributed by atoms with Gasteiger partial charge in [0, 0.05) is 5.56 Å². The van der Waals surface area contributed by atoms with Gasteiger partial charge in [-0.1, -0.05) is 30.3 Å². The summed E-state index contributed by atoms with van der Waals surface area (Å²) in [6.07, 6.45) is 1.77. The van der Waals surface area contributed by atoms with E-state index in [-0.39, 0.29) is 16.9 Å². The summed E-state index contributed by atoms with van der Waals surface area (Å²) in [5, 5.41) is 0. The molecule has 4 rings (SSSR count). The number of carbonyl (C=O) groups is 1. The number of Topliss-reactive ketones (excluding diaryl/α,β-unsaturated/α-hetero) is 1. The first kappa shape index (κ1) is 12.1. The molecule has 1 fully saturated rings. The summed E-state index contributed by atoms with van der Waals surface area (Å²) in [7, 11) is 0. The number of aromatic nitrogens is 2. The third kappa shape index (κ3) is 1.83. The van der Waals surface area contributed by atoms with Gasteiger partial charge in [0.2, 0.25) is 0 Å². The lowest BCUT2D eigenvalue weighted by atomic mass is 9.87. The second kappa shape index (κ2) is 4.19. The molecular formula is C17H14N2O2. The lowest BCUT2D eigenvalue weighted by Gasteiger charge is -2.14. The van der Waals surface area contributed by atoms with Crippen molar-refractivity contribution in [3.8, 4) is 0 Å². The van der Waals surface area contributed by atoms with Gasteiger partial charge in [0.1, 0.15) is 0 Å². The number of rotatable bonds is 3. The summed E-state index contributed by atoms with van der Waals surface area (Å²) >= 11 is 0. The van der Waals surface area contributed by atoms with Crippen LogP contribution in [0.5, 0.6) is 0 Å². The van der Waals surface area contributed by atoms with E-state index in [1.807, 2.05) is 30.3 Å². The SMILES string of the molecule is O=C(c1ccc2[nH]c(=O)[nH]c2c1)C1(c2ccccc2)CC1. The Labute approximate surface area is 120 Å². The third-order valence-corrected chi connectivity index (χ3v) is 4.29. The van der Waals surface area contributed by atoms with Gasteiger partial charge >= 0.3 is 5.69 Å². The van der Waals surface area contributed by atoms with Crippen molar-refractivity contribution in [1.82, 2.24) is 9.97 Å². The maximum atomic E-state index is 12.9. The summed E-state index contributed by atoms with van der Waals surface area (Å²) in [6.45, 7) is 0. The van der Waals surface area contributed by atoms with Crippen LogP contribution in [0.2, 0.25) is 0 Å². The Morgan fingerprint density at radius 2 is 1.67 bits per heavy atom. The van der Waals surface area contributed by atoms with Crippen LogP contribution in [0.1, 0.15) is 28.8 Å². The number of benzene rings is 2. The van der Waals surface area contributed by atoms with Crippen LogP contribution in [0.3, 0.4) is 0 Å². The van der Waals surface area contributed by atoms with Crippen LogP contribution in [0.15, 0.2) is 53.3 Å².